The Bertz CT molecular complexity index is 697. The fourth-order valence-corrected chi connectivity index (χ4v) is 3.58. The number of nitrogen functional groups attached to an aromatic ring is 2. The van der Waals surface area contributed by atoms with E-state index in [1.165, 1.54) is 19.3 Å². The molecule has 1 aliphatic carbocycles. The lowest BCUT2D eigenvalue weighted by atomic mass is 9.82. The molecule has 1 aromatic heterocycles. The van der Waals surface area contributed by atoms with Crippen LogP contribution in [0.2, 0.25) is 10.0 Å². The predicted octanol–water partition coefficient (Wildman–Crippen LogP) is 4.66. The normalized spacial score (nSPS) is 15.9. The average molecular weight is 337 g/mol. The van der Waals surface area contributed by atoms with Crippen molar-refractivity contribution in [1.29, 1.82) is 0 Å². The molecule has 0 unspecified atom stereocenters. The van der Waals surface area contributed by atoms with Crippen LogP contribution in [-0.2, 0) is 0 Å². The third-order valence-electron chi connectivity index (χ3n) is 4.21. The number of hydrogen-bond donors (Lipinski definition) is 2. The Balaban J connectivity index is 2.19. The van der Waals surface area contributed by atoms with E-state index in [0.717, 1.165) is 24.0 Å². The fourth-order valence-electron chi connectivity index (χ4n) is 3.19. The van der Waals surface area contributed by atoms with Gasteiger partial charge in [0.05, 0.1) is 15.7 Å². The highest BCUT2D eigenvalue weighted by Gasteiger charge is 2.25. The lowest BCUT2D eigenvalue weighted by Gasteiger charge is -2.25. The summed E-state index contributed by atoms with van der Waals surface area (Å²) in [6.45, 7) is 0. The molecule has 3 rings (SSSR count). The zero-order valence-corrected chi connectivity index (χ0v) is 13.7. The van der Waals surface area contributed by atoms with Crippen molar-refractivity contribution in [2.24, 2.45) is 0 Å². The van der Waals surface area contributed by atoms with Crippen molar-refractivity contribution in [1.82, 2.24) is 9.97 Å². The third kappa shape index (κ3) is 2.85. The molecule has 4 nitrogen and oxygen atoms in total. The van der Waals surface area contributed by atoms with Crippen LogP contribution in [0.15, 0.2) is 18.2 Å². The van der Waals surface area contributed by atoms with Crippen molar-refractivity contribution >= 4 is 35.0 Å². The van der Waals surface area contributed by atoms with Crippen molar-refractivity contribution in [3.63, 3.8) is 0 Å². The second-order valence-electron chi connectivity index (χ2n) is 5.67. The SMILES string of the molecule is Nc1nc(N)c(C2CCCCC2)c(-c2cccc(Cl)c2Cl)n1. The van der Waals surface area contributed by atoms with Gasteiger partial charge in [-0.1, -0.05) is 54.6 Å². The third-order valence-corrected chi connectivity index (χ3v) is 5.03. The molecule has 1 aliphatic rings. The Morgan fingerprint density at radius 3 is 2.45 bits per heavy atom. The molecule has 0 bridgehead atoms. The number of nitrogens with zero attached hydrogens (tertiary/aromatic N) is 2. The van der Waals surface area contributed by atoms with Crippen LogP contribution >= 0.6 is 23.2 Å². The molecule has 6 heteroatoms. The van der Waals surface area contributed by atoms with E-state index in [9.17, 15) is 0 Å². The number of nitrogens with two attached hydrogens (primary N) is 2. The van der Waals surface area contributed by atoms with Gasteiger partial charge >= 0.3 is 0 Å². The molecule has 1 saturated carbocycles. The van der Waals surface area contributed by atoms with Crippen molar-refractivity contribution in [2.75, 3.05) is 11.5 Å². The van der Waals surface area contributed by atoms with Gasteiger partial charge in [0.2, 0.25) is 5.95 Å². The molecular weight excluding hydrogens is 319 g/mol. The van der Waals surface area contributed by atoms with Gasteiger partial charge in [-0.3, -0.25) is 0 Å². The largest absolute Gasteiger partial charge is 0.383 e. The van der Waals surface area contributed by atoms with E-state index in [1.807, 2.05) is 12.1 Å². The monoisotopic (exact) mass is 336 g/mol. The first kappa shape index (κ1) is 15.4. The van der Waals surface area contributed by atoms with E-state index >= 15 is 0 Å². The maximum Gasteiger partial charge on any atom is 0.222 e. The predicted molar refractivity (Wildman–Crippen MR) is 92.1 cm³/mol. The van der Waals surface area contributed by atoms with E-state index < -0.39 is 0 Å². The first-order valence-corrected chi connectivity index (χ1v) is 8.20. The van der Waals surface area contributed by atoms with Crippen LogP contribution in [0.4, 0.5) is 11.8 Å². The number of hydrogen-bond acceptors (Lipinski definition) is 4. The molecule has 116 valence electrons. The first-order valence-electron chi connectivity index (χ1n) is 7.45. The minimum atomic E-state index is 0.156. The van der Waals surface area contributed by atoms with Crippen molar-refractivity contribution in [2.45, 2.75) is 38.0 Å². The molecule has 2 aromatic rings. The highest BCUT2D eigenvalue weighted by atomic mass is 35.5. The maximum atomic E-state index is 6.37. The molecule has 4 N–H and O–H groups in total. The molecule has 1 fully saturated rings. The maximum absolute atomic E-state index is 6.37. The molecule has 1 aromatic carbocycles. The molecule has 0 amide bonds. The van der Waals surface area contributed by atoms with E-state index in [4.69, 9.17) is 34.7 Å². The highest BCUT2D eigenvalue weighted by molar-refractivity contribution is 6.43. The van der Waals surface area contributed by atoms with Gasteiger partial charge in [-0.05, 0) is 24.8 Å². The minimum absolute atomic E-state index is 0.156. The second kappa shape index (κ2) is 6.31. The van der Waals surface area contributed by atoms with Crippen LogP contribution in [0, 0.1) is 0 Å². The zero-order chi connectivity index (χ0) is 15.7. The molecule has 0 spiro atoms. The Morgan fingerprint density at radius 1 is 1.00 bits per heavy atom. The number of rotatable bonds is 2. The summed E-state index contributed by atoms with van der Waals surface area (Å²) in [6, 6.07) is 5.49. The Hall–Kier alpha value is -1.52. The van der Waals surface area contributed by atoms with Gasteiger partial charge in [-0.25, -0.2) is 4.98 Å². The smallest absolute Gasteiger partial charge is 0.222 e. The summed E-state index contributed by atoms with van der Waals surface area (Å²) in [5.74, 6) is 0.952. The van der Waals surface area contributed by atoms with Gasteiger partial charge in [0.1, 0.15) is 5.82 Å². The number of benzene rings is 1. The van der Waals surface area contributed by atoms with Gasteiger partial charge in [-0.15, -0.1) is 0 Å². The van der Waals surface area contributed by atoms with Gasteiger partial charge in [0.25, 0.3) is 0 Å². The van der Waals surface area contributed by atoms with Crippen LogP contribution in [0.5, 0.6) is 0 Å². The molecule has 0 radical (unpaired) electrons. The Kier molecular flexibility index (Phi) is 4.41. The lowest BCUT2D eigenvalue weighted by Crippen LogP contribution is -2.13. The van der Waals surface area contributed by atoms with Crippen LogP contribution in [0.1, 0.15) is 43.6 Å². The van der Waals surface area contributed by atoms with Crippen LogP contribution in [-0.4, -0.2) is 9.97 Å². The first-order chi connectivity index (χ1) is 10.6. The summed E-state index contributed by atoms with van der Waals surface area (Å²) in [7, 11) is 0. The van der Waals surface area contributed by atoms with E-state index in [0.29, 0.717) is 27.5 Å². The summed E-state index contributed by atoms with van der Waals surface area (Å²) in [5, 5.41) is 0.961. The van der Waals surface area contributed by atoms with E-state index in [2.05, 4.69) is 9.97 Å². The molecule has 0 atom stereocenters. The summed E-state index contributed by atoms with van der Waals surface area (Å²) in [5.41, 5.74) is 14.4. The minimum Gasteiger partial charge on any atom is -0.383 e. The number of halogens is 2. The quantitative estimate of drug-likeness (QED) is 0.835. The van der Waals surface area contributed by atoms with Gasteiger partial charge < -0.3 is 11.5 Å². The van der Waals surface area contributed by atoms with Crippen molar-refractivity contribution in [3.05, 3.63) is 33.8 Å². The topological polar surface area (TPSA) is 77.8 Å². The lowest BCUT2D eigenvalue weighted by molar-refractivity contribution is 0.444. The van der Waals surface area contributed by atoms with Crippen LogP contribution in [0.3, 0.4) is 0 Å². The zero-order valence-electron chi connectivity index (χ0n) is 12.1. The Morgan fingerprint density at radius 2 is 1.73 bits per heavy atom. The summed E-state index contributed by atoms with van der Waals surface area (Å²) < 4.78 is 0. The molecule has 0 aliphatic heterocycles. The molecule has 22 heavy (non-hydrogen) atoms. The summed E-state index contributed by atoms with van der Waals surface area (Å²) >= 11 is 12.5. The van der Waals surface area contributed by atoms with Crippen LogP contribution < -0.4 is 11.5 Å². The highest BCUT2D eigenvalue weighted by Crippen LogP contribution is 2.42. The van der Waals surface area contributed by atoms with Crippen molar-refractivity contribution < 1.29 is 0 Å². The molecule has 1 heterocycles. The van der Waals surface area contributed by atoms with Gasteiger partial charge in [0, 0.05) is 11.1 Å². The molecular formula is C16H18Cl2N4. The van der Waals surface area contributed by atoms with Crippen molar-refractivity contribution in [3.8, 4) is 11.3 Å². The fraction of sp³-hybridized carbons (Fsp3) is 0.375. The standard InChI is InChI=1S/C16H18Cl2N4/c17-11-8-4-7-10(13(11)18)14-12(9-5-2-1-3-6-9)15(19)22-16(20)21-14/h4,7-9H,1-3,5-6H2,(H4,19,20,21,22). The van der Waals surface area contributed by atoms with E-state index in [-0.39, 0.29) is 5.95 Å². The number of anilines is 2. The average Bonchev–Trinajstić information content (AvgIpc) is 2.50. The number of aromatic nitrogens is 2. The summed E-state index contributed by atoms with van der Waals surface area (Å²) in [4.78, 5) is 8.58. The van der Waals surface area contributed by atoms with Gasteiger partial charge in [0.15, 0.2) is 0 Å². The van der Waals surface area contributed by atoms with Gasteiger partial charge in [-0.2, -0.15) is 4.98 Å². The van der Waals surface area contributed by atoms with Crippen LogP contribution in [0.25, 0.3) is 11.3 Å². The Labute approximate surface area is 139 Å². The molecule has 0 saturated heterocycles. The van der Waals surface area contributed by atoms with E-state index in [1.54, 1.807) is 6.07 Å². The summed E-state index contributed by atoms with van der Waals surface area (Å²) in [6.07, 6.45) is 5.82. The second-order valence-corrected chi connectivity index (χ2v) is 6.45.